The second-order valence-electron chi connectivity index (χ2n) is 10.3. The number of benzene rings is 3. The lowest BCUT2D eigenvalue weighted by atomic mass is 9.89. The van der Waals surface area contributed by atoms with Gasteiger partial charge in [-0.3, -0.25) is 9.59 Å². The fraction of sp³-hybridized carbons (Fsp3) is 0.353. The van der Waals surface area contributed by atoms with Gasteiger partial charge in [0.15, 0.2) is 0 Å². The topological polar surface area (TPSA) is 60.4 Å². The Morgan fingerprint density at radius 2 is 1.29 bits per heavy atom. The Kier molecular flexibility index (Phi) is 7.78. The molecule has 0 bridgehead atoms. The van der Waals surface area contributed by atoms with Crippen molar-refractivity contribution in [1.82, 2.24) is 0 Å². The van der Waals surface area contributed by atoms with Crippen molar-refractivity contribution in [2.24, 2.45) is 0 Å². The molecule has 2 aromatic heterocycles. The fourth-order valence-electron chi connectivity index (χ4n) is 5.58. The van der Waals surface area contributed by atoms with Crippen LogP contribution in [0.4, 0.5) is 0 Å². The van der Waals surface area contributed by atoms with Gasteiger partial charge in [0.2, 0.25) is 10.9 Å². The SMILES string of the molecule is CCCCCCc1oc2ccccc2c(=O)c1-c1cc(C)c2c(=O)c3ccccc3oc2c1CCCCC. The van der Waals surface area contributed by atoms with E-state index in [2.05, 4.69) is 13.8 Å². The minimum absolute atomic E-state index is 0.0176. The maximum absolute atomic E-state index is 14.1. The van der Waals surface area contributed by atoms with Gasteiger partial charge in [0.25, 0.3) is 0 Å². The second kappa shape index (κ2) is 11.4. The number of unbranched alkanes of at least 4 members (excludes halogenated alkanes) is 5. The summed E-state index contributed by atoms with van der Waals surface area (Å²) in [4.78, 5) is 27.7. The third kappa shape index (κ3) is 4.80. The molecule has 0 saturated heterocycles. The van der Waals surface area contributed by atoms with Crippen molar-refractivity contribution in [2.45, 2.75) is 78.6 Å². The molecule has 2 heterocycles. The van der Waals surface area contributed by atoms with E-state index in [1.54, 1.807) is 0 Å². The van der Waals surface area contributed by atoms with Gasteiger partial charge in [-0.25, -0.2) is 0 Å². The van der Waals surface area contributed by atoms with Crippen molar-refractivity contribution in [3.05, 3.63) is 91.9 Å². The highest BCUT2D eigenvalue weighted by atomic mass is 16.3. The van der Waals surface area contributed by atoms with Crippen LogP contribution < -0.4 is 10.9 Å². The van der Waals surface area contributed by atoms with Crippen LogP contribution in [0.3, 0.4) is 0 Å². The maximum Gasteiger partial charge on any atom is 0.200 e. The van der Waals surface area contributed by atoms with E-state index in [1.165, 1.54) is 0 Å². The van der Waals surface area contributed by atoms with Gasteiger partial charge in [-0.05, 0) is 67.6 Å². The zero-order chi connectivity index (χ0) is 26.6. The third-order valence-electron chi connectivity index (χ3n) is 7.58. The van der Waals surface area contributed by atoms with Crippen LogP contribution in [0.25, 0.3) is 44.0 Å². The number of hydrogen-bond acceptors (Lipinski definition) is 4. The molecule has 0 aliphatic carbocycles. The predicted molar refractivity (Wildman–Crippen MR) is 157 cm³/mol. The molecule has 0 unspecified atom stereocenters. The van der Waals surface area contributed by atoms with Crippen molar-refractivity contribution >= 4 is 32.9 Å². The molecule has 196 valence electrons. The van der Waals surface area contributed by atoms with Crippen LogP contribution in [0, 0.1) is 6.92 Å². The first-order chi connectivity index (χ1) is 18.5. The zero-order valence-corrected chi connectivity index (χ0v) is 22.7. The highest BCUT2D eigenvalue weighted by Crippen LogP contribution is 2.36. The van der Waals surface area contributed by atoms with Crippen LogP contribution >= 0.6 is 0 Å². The normalized spacial score (nSPS) is 11.7. The highest BCUT2D eigenvalue weighted by molar-refractivity contribution is 5.97. The molecule has 5 aromatic rings. The highest BCUT2D eigenvalue weighted by Gasteiger charge is 2.23. The van der Waals surface area contributed by atoms with Crippen molar-refractivity contribution < 1.29 is 8.83 Å². The average Bonchev–Trinajstić information content (AvgIpc) is 2.92. The van der Waals surface area contributed by atoms with Gasteiger partial charge in [-0.2, -0.15) is 0 Å². The van der Waals surface area contributed by atoms with E-state index in [4.69, 9.17) is 8.83 Å². The number of rotatable bonds is 10. The Hall–Kier alpha value is -3.66. The van der Waals surface area contributed by atoms with E-state index in [1.807, 2.05) is 61.5 Å². The Morgan fingerprint density at radius 3 is 2.00 bits per heavy atom. The molecule has 0 radical (unpaired) electrons. The summed E-state index contributed by atoms with van der Waals surface area (Å²) in [6.07, 6.45) is 8.85. The molecular weight excluding hydrogens is 472 g/mol. The second-order valence-corrected chi connectivity index (χ2v) is 10.3. The molecular formula is C34H36O4. The van der Waals surface area contributed by atoms with Crippen molar-refractivity contribution in [3.8, 4) is 11.1 Å². The zero-order valence-electron chi connectivity index (χ0n) is 22.7. The largest absolute Gasteiger partial charge is 0.460 e. The third-order valence-corrected chi connectivity index (χ3v) is 7.58. The summed E-state index contributed by atoms with van der Waals surface area (Å²) in [6.45, 7) is 6.31. The quantitative estimate of drug-likeness (QED) is 0.140. The van der Waals surface area contributed by atoms with Gasteiger partial charge >= 0.3 is 0 Å². The van der Waals surface area contributed by atoms with Crippen LogP contribution in [0.1, 0.15) is 75.7 Å². The summed E-state index contributed by atoms with van der Waals surface area (Å²) in [5.41, 5.74) is 4.96. The molecule has 4 nitrogen and oxygen atoms in total. The Bertz CT molecular complexity index is 1720. The lowest BCUT2D eigenvalue weighted by Crippen LogP contribution is -2.13. The minimum atomic E-state index is -0.0204. The standard InChI is InChI=1S/C34H36O4/c1-4-6-8-10-20-29-31(33(36)24-16-11-13-18-27(24)37-29)26-21-22(3)30-32(35)25-17-12-14-19-28(25)38-34(30)23(26)15-9-7-5-2/h11-14,16-19,21H,4-10,15,20H2,1-3H3. The summed E-state index contributed by atoms with van der Waals surface area (Å²) in [7, 11) is 0. The first-order valence-corrected chi connectivity index (χ1v) is 14.1. The van der Waals surface area contributed by atoms with E-state index < -0.39 is 0 Å². The van der Waals surface area contributed by atoms with Crippen molar-refractivity contribution in [2.75, 3.05) is 0 Å². The molecule has 4 heteroatoms. The van der Waals surface area contributed by atoms with Gasteiger partial charge in [0.05, 0.1) is 21.7 Å². The van der Waals surface area contributed by atoms with Crippen LogP contribution in [0.5, 0.6) is 0 Å². The first-order valence-electron chi connectivity index (χ1n) is 14.1. The van der Waals surface area contributed by atoms with E-state index in [-0.39, 0.29) is 10.9 Å². The molecule has 5 rings (SSSR count). The summed E-state index contributed by atoms with van der Waals surface area (Å²) in [6, 6.07) is 16.9. The van der Waals surface area contributed by atoms with Gasteiger partial charge in [0, 0.05) is 12.0 Å². The van der Waals surface area contributed by atoms with Gasteiger partial charge in [0.1, 0.15) is 22.5 Å². The molecule has 0 saturated carbocycles. The van der Waals surface area contributed by atoms with E-state index in [9.17, 15) is 9.59 Å². The Balaban J connectivity index is 1.83. The molecule has 0 aliphatic heterocycles. The van der Waals surface area contributed by atoms with Gasteiger partial charge in [-0.15, -0.1) is 0 Å². The van der Waals surface area contributed by atoms with Gasteiger partial charge in [-0.1, -0.05) is 70.2 Å². The molecule has 0 amide bonds. The summed E-state index contributed by atoms with van der Waals surface area (Å²) >= 11 is 0. The van der Waals surface area contributed by atoms with Crippen LogP contribution in [-0.2, 0) is 12.8 Å². The summed E-state index contributed by atoms with van der Waals surface area (Å²) in [5.74, 6) is 0.725. The number of hydrogen-bond donors (Lipinski definition) is 0. The van der Waals surface area contributed by atoms with Crippen LogP contribution in [0.2, 0.25) is 0 Å². The molecule has 3 aromatic carbocycles. The number of para-hydroxylation sites is 2. The molecule has 0 spiro atoms. The van der Waals surface area contributed by atoms with Crippen LogP contribution in [0.15, 0.2) is 73.0 Å². The average molecular weight is 509 g/mol. The molecule has 0 atom stereocenters. The Morgan fingerprint density at radius 1 is 0.684 bits per heavy atom. The van der Waals surface area contributed by atoms with Crippen LogP contribution in [-0.4, -0.2) is 0 Å². The molecule has 0 fully saturated rings. The van der Waals surface area contributed by atoms with E-state index >= 15 is 0 Å². The van der Waals surface area contributed by atoms with E-state index in [0.717, 1.165) is 73.8 Å². The molecule has 0 aliphatic rings. The summed E-state index contributed by atoms with van der Waals surface area (Å²) in [5, 5.41) is 1.77. The molecule has 38 heavy (non-hydrogen) atoms. The molecule has 0 N–H and O–H groups in total. The van der Waals surface area contributed by atoms with Crippen molar-refractivity contribution in [1.29, 1.82) is 0 Å². The monoisotopic (exact) mass is 508 g/mol. The number of aryl methyl sites for hydroxylation is 3. The Labute approximate surface area is 223 Å². The minimum Gasteiger partial charge on any atom is -0.460 e. The smallest absolute Gasteiger partial charge is 0.200 e. The lowest BCUT2D eigenvalue weighted by molar-refractivity contribution is 0.518. The maximum atomic E-state index is 14.1. The predicted octanol–water partition coefficient (Wildman–Crippen LogP) is 8.88. The van der Waals surface area contributed by atoms with Gasteiger partial charge < -0.3 is 8.83 Å². The fourth-order valence-corrected chi connectivity index (χ4v) is 5.58. The number of fused-ring (bicyclic) bond motifs is 3. The summed E-state index contributed by atoms with van der Waals surface area (Å²) < 4.78 is 12.9. The first kappa shape index (κ1) is 26.0. The van der Waals surface area contributed by atoms with E-state index in [0.29, 0.717) is 44.9 Å². The van der Waals surface area contributed by atoms with Crippen molar-refractivity contribution in [3.63, 3.8) is 0 Å². The lowest BCUT2D eigenvalue weighted by Gasteiger charge is -2.17.